The number of hydrogen-bond donors (Lipinski definition) is 0. The molecule has 0 aliphatic carbocycles. The van der Waals surface area contributed by atoms with Crippen LogP contribution in [0.2, 0.25) is 13.1 Å². The van der Waals surface area contributed by atoms with Crippen molar-refractivity contribution in [3.05, 3.63) is 95.5 Å². The molecular formula is C26H32NSi. The first-order valence-corrected chi connectivity index (χ1v) is 12.8. The summed E-state index contributed by atoms with van der Waals surface area (Å²) in [7, 11) is -0.553. The zero-order valence-electron chi connectivity index (χ0n) is 17.9. The van der Waals surface area contributed by atoms with Crippen LogP contribution >= 0.6 is 0 Å². The molecule has 28 heavy (non-hydrogen) atoms. The molecule has 2 unspecified atom stereocenters. The van der Waals surface area contributed by atoms with E-state index < -0.39 is 8.80 Å². The second-order valence-electron chi connectivity index (χ2n) is 7.95. The van der Waals surface area contributed by atoms with E-state index in [4.69, 9.17) is 0 Å². The van der Waals surface area contributed by atoms with Gasteiger partial charge in [-0.15, -0.1) is 0 Å². The van der Waals surface area contributed by atoms with E-state index in [1.807, 2.05) is 6.20 Å². The van der Waals surface area contributed by atoms with Crippen molar-refractivity contribution in [2.75, 3.05) is 0 Å². The molecule has 1 aliphatic heterocycles. The summed E-state index contributed by atoms with van der Waals surface area (Å²) in [6.07, 6.45) is 8.03. The van der Waals surface area contributed by atoms with Crippen LogP contribution in [-0.4, -0.2) is 13.7 Å². The molecule has 3 rings (SSSR count). The van der Waals surface area contributed by atoms with Crippen LogP contribution in [0.15, 0.2) is 84.4 Å². The van der Waals surface area contributed by atoms with Gasteiger partial charge in [0, 0.05) is 6.20 Å². The maximum Gasteiger partial charge on any atom is 0.0815 e. The van der Waals surface area contributed by atoms with Gasteiger partial charge in [0.1, 0.15) is 0 Å². The van der Waals surface area contributed by atoms with Crippen LogP contribution in [0.25, 0.3) is 11.1 Å². The van der Waals surface area contributed by atoms with E-state index in [-0.39, 0.29) is 6.04 Å². The molecule has 2 aromatic rings. The van der Waals surface area contributed by atoms with Crippen molar-refractivity contribution in [2.24, 2.45) is 5.92 Å². The lowest BCUT2D eigenvalue weighted by molar-refractivity contribution is 0.423. The quantitative estimate of drug-likeness (QED) is 0.470. The molecule has 1 aliphatic rings. The Morgan fingerprint density at radius 2 is 1.82 bits per heavy atom. The molecule has 0 N–H and O–H groups in total. The topological polar surface area (TPSA) is 3.24 Å². The van der Waals surface area contributed by atoms with Crippen molar-refractivity contribution >= 4 is 8.80 Å². The van der Waals surface area contributed by atoms with Gasteiger partial charge >= 0.3 is 0 Å². The average molecular weight is 387 g/mol. The summed E-state index contributed by atoms with van der Waals surface area (Å²) in [6, 6.07) is 17.6. The van der Waals surface area contributed by atoms with Crippen LogP contribution in [0.5, 0.6) is 0 Å². The third-order valence-electron chi connectivity index (χ3n) is 5.85. The van der Waals surface area contributed by atoms with Gasteiger partial charge in [-0.1, -0.05) is 88.1 Å². The predicted molar refractivity (Wildman–Crippen MR) is 124 cm³/mol. The lowest BCUT2D eigenvalue weighted by Gasteiger charge is -2.36. The predicted octanol–water partition coefficient (Wildman–Crippen LogP) is 7.31. The molecule has 1 nitrogen and oxygen atoms in total. The van der Waals surface area contributed by atoms with Crippen molar-refractivity contribution in [1.29, 1.82) is 0 Å². The molecule has 2 heteroatoms. The summed E-state index contributed by atoms with van der Waals surface area (Å²) in [5.41, 5.74) is 6.83. The molecule has 0 amide bonds. The highest BCUT2D eigenvalue weighted by atomic mass is 28.3. The maximum absolute atomic E-state index is 4.14. The van der Waals surface area contributed by atoms with Crippen molar-refractivity contribution in [2.45, 2.75) is 46.3 Å². The van der Waals surface area contributed by atoms with E-state index in [2.05, 4.69) is 106 Å². The van der Waals surface area contributed by atoms with Crippen LogP contribution in [0, 0.1) is 12.8 Å². The van der Waals surface area contributed by atoms with Crippen LogP contribution in [0.1, 0.15) is 37.4 Å². The summed E-state index contributed by atoms with van der Waals surface area (Å²) >= 11 is 0. The second kappa shape index (κ2) is 8.79. The van der Waals surface area contributed by atoms with Gasteiger partial charge in [0.05, 0.1) is 14.8 Å². The number of benzene rings is 2. The van der Waals surface area contributed by atoms with Gasteiger partial charge in [-0.05, 0) is 58.5 Å². The van der Waals surface area contributed by atoms with Crippen LogP contribution in [0.4, 0.5) is 0 Å². The zero-order valence-corrected chi connectivity index (χ0v) is 18.9. The Kier molecular flexibility index (Phi) is 6.41. The lowest BCUT2D eigenvalue weighted by Crippen LogP contribution is -2.27. The third kappa shape index (κ3) is 3.93. The molecule has 2 aromatic carbocycles. The monoisotopic (exact) mass is 386 g/mol. The van der Waals surface area contributed by atoms with Crippen molar-refractivity contribution in [1.82, 2.24) is 4.90 Å². The molecule has 0 bridgehead atoms. The summed E-state index contributed by atoms with van der Waals surface area (Å²) < 4.78 is 0. The molecule has 0 aromatic heterocycles. The Balaban J connectivity index is 2.20. The first-order chi connectivity index (χ1) is 13.5. The molecular weight excluding hydrogens is 354 g/mol. The molecule has 145 valence electrons. The Bertz CT molecular complexity index is 892. The molecule has 0 saturated carbocycles. The fourth-order valence-corrected chi connectivity index (χ4v) is 5.37. The van der Waals surface area contributed by atoms with Gasteiger partial charge in [0.25, 0.3) is 0 Å². The zero-order chi connectivity index (χ0) is 20.3. The number of hydrogen-bond acceptors (Lipinski definition) is 1. The Hall–Kier alpha value is -2.32. The second-order valence-corrected chi connectivity index (χ2v) is 10.5. The average Bonchev–Trinajstić information content (AvgIpc) is 2.72. The minimum Gasteiger partial charge on any atom is -0.344 e. The van der Waals surface area contributed by atoms with Gasteiger partial charge < -0.3 is 4.90 Å². The number of nitrogens with zero attached hydrogens (tertiary/aromatic N) is 1. The molecule has 0 spiro atoms. The fourth-order valence-electron chi connectivity index (χ4n) is 4.06. The summed E-state index contributed by atoms with van der Waals surface area (Å²) in [5.74, 6) is 0.574. The van der Waals surface area contributed by atoms with Crippen molar-refractivity contribution in [3.63, 3.8) is 0 Å². The maximum atomic E-state index is 4.14. The normalized spacial score (nSPS) is 17.9. The van der Waals surface area contributed by atoms with E-state index in [1.54, 1.807) is 0 Å². The van der Waals surface area contributed by atoms with Gasteiger partial charge in [-0.2, -0.15) is 0 Å². The Morgan fingerprint density at radius 3 is 2.43 bits per heavy atom. The van der Waals surface area contributed by atoms with E-state index in [1.165, 1.54) is 39.4 Å². The SMILES string of the molecule is C=CN1C=C([Si](C)C)C(C(C)CC)=CC1c1c(C)cccc1-c1ccccc1. The van der Waals surface area contributed by atoms with E-state index in [0.29, 0.717) is 5.92 Å². The first-order valence-electron chi connectivity index (χ1n) is 10.3. The smallest absolute Gasteiger partial charge is 0.0815 e. The molecule has 1 heterocycles. The third-order valence-corrected chi connectivity index (χ3v) is 7.34. The number of allylic oxidation sites excluding steroid dienone is 2. The molecule has 0 fully saturated rings. The summed E-state index contributed by atoms with van der Waals surface area (Å²) in [6.45, 7) is 15.8. The van der Waals surface area contributed by atoms with E-state index in [9.17, 15) is 0 Å². The first kappa shape index (κ1) is 20.4. The Morgan fingerprint density at radius 1 is 1.11 bits per heavy atom. The Labute approximate surface area is 172 Å². The lowest BCUT2D eigenvalue weighted by atomic mass is 9.86. The molecule has 0 saturated heterocycles. The van der Waals surface area contributed by atoms with Gasteiger partial charge in [0.15, 0.2) is 0 Å². The van der Waals surface area contributed by atoms with Crippen LogP contribution in [0.3, 0.4) is 0 Å². The molecule has 1 radical (unpaired) electrons. The largest absolute Gasteiger partial charge is 0.344 e. The van der Waals surface area contributed by atoms with Crippen molar-refractivity contribution in [3.8, 4) is 11.1 Å². The minimum absolute atomic E-state index is 0.183. The standard InChI is InChI=1S/C26H32NSi/c1-7-19(3)23-17-24(27(8-2)18-25(23)28(5)6)26-20(4)13-12-16-22(26)21-14-10-9-11-15-21/h8-19,24H,2,7H2,1,3-6H3. The van der Waals surface area contributed by atoms with Gasteiger partial charge in [-0.3, -0.25) is 0 Å². The number of aryl methyl sites for hydroxylation is 1. The summed E-state index contributed by atoms with van der Waals surface area (Å²) in [5, 5.41) is 1.53. The fraction of sp³-hybridized carbons (Fsp3) is 0.308. The van der Waals surface area contributed by atoms with Crippen molar-refractivity contribution < 1.29 is 0 Å². The van der Waals surface area contributed by atoms with Crippen LogP contribution in [-0.2, 0) is 0 Å². The van der Waals surface area contributed by atoms with E-state index >= 15 is 0 Å². The highest BCUT2D eigenvalue weighted by Gasteiger charge is 2.28. The highest BCUT2D eigenvalue weighted by molar-refractivity contribution is 6.65. The van der Waals surface area contributed by atoms with Gasteiger partial charge in [0.2, 0.25) is 0 Å². The van der Waals surface area contributed by atoms with Crippen LogP contribution < -0.4 is 0 Å². The van der Waals surface area contributed by atoms with E-state index in [0.717, 1.165) is 0 Å². The minimum atomic E-state index is -0.553. The highest BCUT2D eigenvalue weighted by Crippen LogP contribution is 2.41. The van der Waals surface area contributed by atoms with Gasteiger partial charge in [-0.25, -0.2) is 0 Å². The number of rotatable bonds is 6. The summed E-state index contributed by atoms with van der Waals surface area (Å²) in [4.78, 5) is 2.31. The molecule has 2 atom stereocenters.